The number of hydrogen-bond donors (Lipinski definition) is 0. The molecule has 0 spiro atoms. The standard InChI is InChI=1S/C55H90O5/c1-4-7-10-13-16-19-22-25-27-29-32-35-38-41-44-47-50-58-51-53(60-55(57)49-46-43-40-37-34-30-24-21-18-15-12-9-6-3)52-59-54(56)48-45-42-39-36-33-31-28-26-23-20-17-14-11-8-5-2/h7,9-10,12,16,18-19,21,25-28,30,32,34-35,40,43,53H,4-6,8,11,13-15,17,20,22-24,29,31,33,36-39,41-42,44-52H2,1-3H3/b10-7-,12-9-,19-16-,21-18-,27-25-,28-26-,34-30-,35-32-,43-40-. The first kappa shape index (κ1) is 56.6. The zero-order valence-corrected chi connectivity index (χ0v) is 38.9. The molecular formula is C55H90O5. The maximum atomic E-state index is 12.7. The highest BCUT2D eigenvalue weighted by Crippen LogP contribution is 2.11. The van der Waals surface area contributed by atoms with E-state index in [2.05, 4.69) is 124 Å². The van der Waals surface area contributed by atoms with E-state index in [1.165, 1.54) is 57.8 Å². The Bertz CT molecular complexity index is 1210. The third kappa shape index (κ3) is 47.2. The lowest BCUT2D eigenvalue weighted by Gasteiger charge is -2.18. The minimum absolute atomic E-state index is 0.0332. The van der Waals surface area contributed by atoms with Crippen LogP contribution in [0.4, 0.5) is 0 Å². The number of rotatable bonds is 43. The molecule has 5 nitrogen and oxygen atoms in total. The van der Waals surface area contributed by atoms with Crippen LogP contribution in [0.1, 0.15) is 201 Å². The van der Waals surface area contributed by atoms with Crippen LogP contribution < -0.4 is 0 Å². The van der Waals surface area contributed by atoms with Crippen LogP contribution in [0.3, 0.4) is 0 Å². The molecule has 0 fully saturated rings. The molecule has 0 saturated heterocycles. The topological polar surface area (TPSA) is 61.8 Å². The maximum Gasteiger partial charge on any atom is 0.306 e. The second kappa shape index (κ2) is 49.9. The summed E-state index contributed by atoms with van der Waals surface area (Å²) in [6, 6.07) is 0. The van der Waals surface area contributed by atoms with Crippen molar-refractivity contribution in [3.63, 3.8) is 0 Å². The molecule has 0 saturated carbocycles. The first-order valence-electron chi connectivity index (χ1n) is 24.4. The van der Waals surface area contributed by atoms with Crippen LogP contribution in [-0.2, 0) is 23.8 Å². The van der Waals surface area contributed by atoms with Gasteiger partial charge >= 0.3 is 11.9 Å². The van der Waals surface area contributed by atoms with E-state index in [0.29, 0.717) is 19.4 Å². The van der Waals surface area contributed by atoms with Crippen molar-refractivity contribution < 1.29 is 23.8 Å². The lowest BCUT2D eigenvalue weighted by molar-refractivity contribution is -0.162. The first-order valence-corrected chi connectivity index (χ1v) is 24.4. The molecule has 0 aliphatic rings. The summed E-state index contributed by atoms with van der Waals surface area (Å²) in [5, 5.41) is 0. The molecule has 60 heavy (non-hydrogen) atoms. The third-order valence-corrected chi connectivity index (χ3v) is 9.79. The van der Waals surface area contributed by atoms with Gasteiger partial charge in [0.05, 0.1) is 6.61 Å². The summed E-state index contributed by atoms with van der Waals surface area (Å²) < 4.78 is 17.2. The van der Waals surface area contributed by atoms with E-state index in [-0.39, 0.29) is 31.6 Å². The smallest absolute Gasteiger partial charge is 0.306 e. The van der Waals surface area contributed by atoms with Crippen LogP contribution in [-0.4, -0.2) is 37.9 Å². The van der Waals surface area contributed by atoms with Gasteiger partial charge in [0.2, 0.25) is 0 Å². The summed E-state index contributed by atoms with van der Waals surface area (Å²) in [7, 11) is 0. The zero-order chi connectivity index (χ0) is 43.5. The lowest BCUT2D eigenvalue weighted by Crippen LogP contribution is -2.30. The number of unbranched alkanes of at least 4 members (excludes halogenated alkanes) is 14. The van der Waals surface area contributed by atoms with E-state index in [1.54, 1.807) is 0 Å². The zero-order valence-electron chi connectivity index (χ0n) is 38.9. The molecular weight excluding hydrogens is 741 g/mol. The summed E-state index contributed by atoms with van der Waals surface area (Å²) in [6.07, 6.45) is 68.2. The number of ether oxygens (including phenoxy) is 3. The van der Waals surface area contributed by atoms with Crippen LogP contribution in [0.25, 0.3) is 0 Å². The average Bonchev–Trinajstić information content (AvgIpc) is 3.25. The summed E-state index contributed by atoms with van der Waals surface area (Å²) in [5.41, 5.74) is 0. The number of esters is 2. The molecule has 0 N–H and O–H groups in total. The van der Waals surface area contributed by atoms with E-state index in [4.69, 9.17) is 14.2 Å². The molecule has 0 bridgehead atoms. The van der Waals surface area contributed by atoms with E-state index in [9.17, 15) is 9.59 Å². The average molecular weight is 831 g/mol. The van der Waals surface area contributed by atoms with Crippen molar-refractivity contribution in [2.24, 2.45) is 0 Å². The first-order chi connectivity index (χ1) is 29.6. The van der Waals surface area contributed by atoms with Gasteiger partial charge in [-0.15, -0.1) is 0 Å². The van der Waals surface area contributed by atoms with Gasteiger partial charge in [-0.2, -0.15) is 0 Å². The molecule has 0 aromatic rings. The molecule has 0 rings (SSSR count). The highest BCUT2D eigenvalue weighted by atomic mass is 16.6. The van der Waals surface area contributed by atoms with Crippen molar-refractivity contribution in [3.8, 4) is 0 Å². The molecule has 0 aliphatic carbocycles. The minimum Gasteiger partial charge on any atom is -0.462 e. The molecule has 5 heteroatoms. The van der Waals surface area contributed by atoms with Gasteiger partial charge in [-0.1, -0.05) is 188 Å². The second-order valence-electron chi connectivity index (χ2n) is 15.6. The molecule has 1 atom stereocenters. The number of hydrogen-bond acceptors (Lipinski definition) is 5. The summed E-state index contributed by atoms with van der Waals surface area (Å²) in [5.74, 6) is -0.526. The fourth-order valence-electron chi connectivity index (χ4n) is 6.21. The van der Waals surface area contributed by atoms with Crippen molar-refractivity contribution in [2.45, 2.75) is 207 Å². The van der Waals surface area contributed by atoms with Gasteiger partial charge in [-0.3, -0.25) is 9.59 Å². The van der Waals surface area contributed by atoms with Crippen LogP contribution in [0.5, 0.6) is 0 Å². The SMILES string of the molecule is CC/C=C\C/C=C\C/C=C\C/C=C\CCCCCOCC(COC(=O)CCCCCCC/C=C\CCCCCCCC)OC(=O)CC/C=C\C/C=C\C/C=C\C/C=C\CC. The molecule has 0 amide bonds. The normalized spacial score (nSPS) is 13.2. The van der Waals surface area contributed by atoms with E-state index < -0.39 is 6.10 Å². The van der Waals surface area contributed by atoms with E-state index in [0.717, 1.165) is 103 Å². The molecule has 0 radical (unpaired) electrons. The second-order valence-corrected chi connectivity index (χ2v) is 15.6. The van der Waals surface area contributed by atoms with Crippen molar-refractivity contribution in [3.05, 3.63) is 109 Å². The number of carbonyl (C=O) groups is 2. The van der Waals surface area contributed by atoms with Gasteiger partial charge in [0.25, 0.3) is 0 Å². The van der Waals surface area contributed by atoms with Crippen LogP contribution in [0, 0.1) is 0 Å². The lowest BCUT2D eigenvalue weighted by atomic mass is 10.1. The van der Waals surface area contributed by atoms with E-state index in [1.807, 2.05) is 6.08 Å². The van der Waals surface area contributed by atoms with Gasteiger partial charge in [0.1, 0.15) is 6.61 Å². The molecule has 1 unspecified atom stereocenters. The Kier molecular flexibility index (Phi) is 47.1. The van der Waals surface area contributed by atoms with Crippen molar-refractivity contribution in [2.75, 3.05) is 19.8 Å². The van der Waals surface area contributed by atoms with Gasteiger partial charge in [-0.25, -0.2) is 0 Å². The Morgan fingerprint density at radius 1 is 0.383 bits per heavy atom. The Labute approximate surface area is 370 Å². The Hall–Kier alpha value is -3.44. The Balaban J connectivity index is 4.44. The van der Waals surface area contributed by atoms with Gasteiger partial charge in [-0.05, 0) is 109 Å². The van der Waals surface area contributed by atoms with Crippen LogP contribution in [0.2, 0.25) is 0 Å². The van der Waals surface area contributed by atoms with Gasteiger partial charge in [0.15, 0.2) is 6.10 Å². The van der Waals surface area contributed by atoms with Crippen LogP contribution >= 0.6 is 0 Å². The predicted octanol–water partition coefficient (Wildman–Crippen LogP) is 16.4. The number of allylic oxidation sites excluding steroid dienone is 18. The molecule has 340 valence electrons. The monoisotopic (exact) mass is 831 g/mol. The highest BCUT2D eigenvalue weighted by molar-refractivity contribution is 5.70. The Morgan fingerprint density at radius 3 is 1.28 bits per heavy atom. The Morgan fingerprint density at radius 2 is 0.783 bits per heavy atom. The predicted molar refractivity (Wildman–Crippen MR) is 260 cm³/mol. The van der Waals surface area contributed by atoms with E-state index >= 15 is 0 Å². The van der Waals surface area contributed by atoms with Crippen molar-refractivity contribution in [1.82, 2.24) is 0 Å². The van der Waals surface area contributed by atoms with Crippen molar-refractivity contribution >= 4 is 11.9 Å². The number of carbonyl (C=O) groups excluding carboxylic acids is 2. The third-order valence-electron chi connectivity index (χ3n) is 9.79. The largest absolute Gasteiger partial charge is 0.462 e. The fraction of sp³-hybridized carbons (Fsp3) is 0.636. The van der Waals surface area contributed by atoms with Gasteiger partial charge < -0.3 is 14.2 Å². The quantitative estimate of drug-likeness (QED) is 0.0348. The molecule has 0 heterocycles. The van der Waals surface area contributed by atoms with Crippen LogP contribution in [0.15, 0.2) is 109 Å². The summed E-state index contributed by atoms with van der Waals surface area (Å²) in [6.45, 7) is 7.42. The van der Waals surface area contributed by atoms with Gasteiger partial charge in [0, 0.05) is 19.4 Å². The molecule has 0 aromatic heterocycles. The summed E-state index contributed by atoms with van der Waals surface area (Å²) >= 11 is 0. The minimum atomic E-state index is -0.600. The maximum absolute atomic E-state index is 12.7. The summed E-state index contributed by atoms with van der Waals surface area (Å²) in [4.78, 5) is 25.3. The van der Waals surface area contributed by atoms with Crippen molar-refractivity contribution in [1.29, 1.82) is 0 Å². The molecule has 0 aliphatic heterocycles. The highest BCUT2D eigenvalue weighted by Gasteiger charge is 2.17. The molecule has 0 aromatic carbocycles. The fourth-order valence-corrected chi connectivity index (χ4v) is 6.21.